The zero-order chi connectivity index (χ0) is 7.11. The lowest BCUT2D eigenvalue weighted by atomic mass is 10.7. The van der Waals surface area contributed by atoms with Gasteiger partial charge in [0.15, 0.2) is 0 Å². The third kappa shape index (κ3) is 4.99. The van der Waals surface area contributed by atoms with E-state index in [4.69, 9.17) is 5.11 Å². The van der Waals surface area contributed by atoms with E-state index in [0.29, 0.717) is 0 Å². The molecule has 4 nitrogen and oxygen atoms in total. The molecule has 0 aliphatic rings. The van der Waals surface area contributed by atoms with Crippen LogP contribution in [0.25, 0.3) is 0 Å². The first kappa shape index (κ1) is 8.13. The van der Waals surface area contributed by atoms with Crippen LogP contribution in [0.5, 0.6) is 0 Å². The Morgan fingerprint density at radius 3 is 2.89 bits per heavy atom. The summed E-state index contributed by atoms with van der Waals surface area (Å²) in [6.07, 6.45) is 1.43. The van der Waals surface area contributed by atoms with E-state index >= 15 is 0 Å². The number of hydrogen-bond donors (Lipinski definition) is 1. The molecule has 0 aromatic heterocycles. The highest BCUT2D eigenvalue weighted by molar-refractivity contribution is 5.36. The van der Waals surface area contributed by atoms with Gasteiger partial charge in [0.25, 0.3) is 6.47 Å². The van der Waals surface area contributed by atoms with Gasteiger partial charge in [-0.2, -0.15) is 0 Å². The van der Waals surface area contributed by atoms with Gasteiger partial charge in [-0.25, -0.2) is 0 Å². The fourth-order valence-corrected chi connectivity index (χ4v) is 0.237. The smallest absolute Gasteiger partial charge is 0.316 e. The summed E-state index contributed by atoms with van der Waals surface area (Å²) < 4.78 is 8.36. The number of ether oxygens (including phenoxy) is 2. The van der Waals surface area contributed by atoms with Gasteiger partial charge in [-0.05, 0) is 0 Å². The molecule has 4 heteroatoms. The van der Waals surface area contributed by atoms with Crippen molar-refractivity contribution in [3.8, 4) is 0 Å². The number of hydrogen-bond acceptors (Lipinski definition) is 4. The third-order valence-electron chi connectivity index (χ3n) is 0.529. The molecule has 1 N–H and O–H groups in total. The molecule has 0 aromatic carbocycles. The van der Waals surface area contributed by atoms with Crippen LogP contribution < -0.4 is 0 Å². The summed E-state index contributed by atoms with van der Waals surface area (Å²) in [4.78, 5) is 9.49. The Hall–Kier alpha value is -0.870. The maximum atomic E-state index is 9.49. The second kappa shape index (κ2) is 5.27. The number of rotatable bonds is 5. The van der Waals surface area contributed by atoms with Crippen molar-refractivity contribution >= 4 is 6.47 Å². The molecule has 0 rings (SSSR count). The van der Waals surface area contributed by atoms with Crippen molar-refractivity contribution in [1.82, 2.24) is 0 Å². The van der Waals surface area contributed by atoms with E-state index in [1.54, 1.807) is 0 Å². The van der Waals surface area contributed by atoms with E-state index in [9.17, 15) is 4.79 Å². The fraction of sp³-hybridized carbons (Fsp3) is 0.400. The Labute approximate surface area is 52.7 Å². The van der Waals surface area contributed by atoms with Crippen LogP contribution in [0.15, 0.2) is 12.7 Å². The average molecular weight is 132 g/mol. The highest BCUT2D eigenvalue weighted by Gasteiger charge is 1.98. The molecule has 0 fully saturated rings. The van der Waals surface area contributed by atoms with Crippen LogP contribution in [-0.2, 0) is 14.3 Å². The van der Waals surface area contributed by atoms with Gasteiger partial charge in [0.2, 0.25) is 0 Å². The van der Waals surface area contributed by atoms with Crippen molar-refractivity contribution < 1.29 is 19.4 Å². The van der Waals surface area contributed by atoms with Gasteiger partial charge >= 0.3 is 6.48 Å². The number of carbonyl (C=O) groups excluding carboxylic acids is 1. The van der Waals surface area contributed by atoms with Gasteiger partial charge in [0, 0.05) is 0 Å². The quantitative estimate of drug-likeness (QED) is 0.315. The fourth-order valence-electron chi connectivity index (χ4n) is 0.237. The first-order valence-corrected chi connectivity index (χ1v) is 2.31. The highest BCUT2D eigenvalue weighted by Crippen LogP contribution is 1.85. The molecule has 0 aliphatic heterocycles. The average Bonchev–Trinajstić information content (AvgIpc) is 1.85. The van der Waals surface area contributed by atoms with Gasteiger partial charge in [0.05, 0.1) is 6.61 Å². The van der Waals surface area contributed by atoms with Gasteiger partial charge < -0.3 is 14.6 Å². The largest absolute Gasteiger partial charge is 0.413 e. The van der Waals surface area contributed by atoms with Gasteiger partial charge in [-0.15, -0.1) is 6.58 Å². The number of aliphatic hydroxyl groups is 1. The minimum absolute atomic E-state index is 0.105. The maximum Gasteiger partial charge on any atom is 0.316 e. The second-order valence-electron chi connectivity index (χ2n) is 1.16. The predicted octanol–water partition coefficient (Wildman–Crippen LogP) is -0.362. The van der Waals surface area contributed by atoms with E-state index < -0.39 is 6.48 Å². The first-order valence-electron chi connectivity index (χ1n) is 2.31. The Morgan fingerprint density at radius 2 is 2.44 bits per heavy atom. The lowest BCUT2D eigenvalue weighted by Crippen LogP contribution is -2.15. The topological polar surface area (TPSA) is 55.8 Å². The highest BCUT2D eigenvalue weighted by atomic mass is 16.8. The summed E-state index contributed by atoms with van der Waals surface area (Å²) in [6.45, 7) is 2.09. The van der Waals surface area contributed by atoms with E-state index in [0.717, 1.165) is 0 Å². The van der Waals surface area contributed by atoms with E-state index in [1.165, 1.54) is 6.08 Å². The van der Waals surface area contributed by atoms with Crippen LogP contribution in [0.3, 0.4) is 0 Å². The minimum atomic E-state index is -1.47. The molecule has 0 heterocycles. The molecule has 0 spiro atoms. The predicted molar refractivity (Wildman–Crippen MR) is 29.3 cm³/mol. The Kier molecular flexibility index (Phi) is 4.76. The number of aliphatic hydroxyl groups excluding tert-OH is 1. The van der Waals surface area contributed by atoms with Gasteiger partial charge in [-0.3, -0.25) is 4.79 Å². The molecule has 9 heavy (non-hydrogen) atoms. The molecule has 0 saturated heterocycles. The Bertz CT molecular complexity index is 91.0. The van der Waals surface area contributed by atoms with Crippen LogP contribution >= 0.6 is 0 Å². The van der Waals surface area contributed by atoms with Crippen molar-refractivity contribution in [1.29, 1.82) is 0 Å². The van der Waals surface area contributed by atoms with Gasteiger partial charge in [0.1, 0.15) is 0 Å². The summed E-state index contributed by atoms with van der Waals surface area (Å²) in [5.41, 5.74) is 0. The molecule has 52 valence electrons. The SMILES string of the molecule is C=CCOC(O)OC=O. The number of carbonyl (C=O) groups is 1. The van der Waals surface area contributed by atoms with Crippen LogP contribution in [0.2, 0.25) is 0 Å². The second-order valence-corrected chi connectivity index (χ2v) is 1.16. The molecule has 0 bridgehead atoms. The zero-order valence-corrected chi connectivity index (χ0v) is 4.82. The van der Waals surface area contributed by atoms with Crippen LogP contribution in [-0.4, -0.2) is 24.7 Å². The molecule has 1 unspecified atom stereocenters. The summed E-state index contributed by atoms with van der Waals surface area (Å²) in [6, 6.07) is 0. The standard InChI is InChI=1S/C5H8O4/c1-2-3-8-5(7)9-4-6/h2,4-5,7H,1,3H2. The van der Waals surface area contributed by atoms with Crippen molar-refractivity contribution in [3.05, 3.63) is 12.7 Å². The summed E-state index contributed by atoms with van der Waals surface area (Å²) in [5.74, 6) is 0. The zero-order valence-electron chi connectivity index (χ0n) is 4.82. The van der Waals surface area contributed by atoms with Crippen molar-refractivity contribution in [2.45, 2.75) is 6.48 Å². The lowest BCUT2D eigenvalue weighted by molar-refractivity contribution is -0.239. The molecule has 1 atom stereocenters. The summed E-state index contributed by atoms with van der Waals surface area (Å²) in [7, 11) is 0. The van der Waals surface area contributed by atoms with Gasteiger partial charge in [-0.1, -0.05) is 6.08 Å². The monoisotopic (exact) mass is 132 g/mol. The molecule has 0 saturated carbocycles. The summed E-state index contributed by atoms with van der Waals surface area (Å²) >= 11 is 0. The van der Waals surface area contributed by atoms with E-state index in [-0.39, 0.29) is 13.1 Å². The normalized spacial score (nSPS) is 12.1. The molecular formula is C5H8O4. The maximum absolute atomic E-state index is 9.49. The van der Waals surface area contributed by atoms with Crippen LogP contribution in [0.1, 0.15) is 0 Å². The van der Waals surface area contributed by atoms with E-state index in [2.05, 4.69) is 16.1 Å². The molecule has 0 radical (unpaired) electrons. The third-order valence-corrected chi connectivity index (χ3v) is 0.529. The Balaban J connectivity index is 3.14. The van der Waals surface area contributed by atoms with E-state index in [1.807, 2.05) is 0 Å². The molecular weight excluding hydrogens is 124 g/mol. The Morgan fingerprint density at radius 1 is 1.78 bits per heavy atom. The van der Waals surface area contributed by atoms with Crippen LogP contribution in [0.4, 0.5) is 0 Å². The van der Waals surface area contributed by atoms with Crippen molar-refractivity contribution in [2.24, 2.45) is 0 Å². The minimum Gasteiger partial charge on any atom is -0.413 e. The van der Waals surface area contributed by atoms with Crippen molar-refractivity contribution in [2.75, 3.05) is 6.61 Å². The molecule has 0 aromatic rings. The van der Waals surface area contributed by atoms with Crippen LogP contribution in [0, 0.1) is 0 Å². The lowest BCUT2D eigenvalue weighted by Gasteiger charge is -2.05. The first-order chi connectivity index (χ1) is 4.31. The molecule has 0 aliphatic carbocycles. The molecule has 0 amide bonds. The van der Waals surface area contributed by atoms with Crippen molar-refractivity contribution in [3.63, 3.8) is 0 Å². The summed E-state index contributed by atoms with van der Waals surface area (Å²) in [5, 5.41) is 8.46.